The molecule has 3 heterocycles. The van der Waals surface area contributed by atoms with Gasteiger partial charge in [0.05, 0.1) is 4.90 Å². The van der Waals surface area contributed by atoms with E-state index in [1.54, 1.807) is 18.2 Å². The Morgan fingerprint density at radius 1 is 1.03 bits per heavy atom. The van der Waals surface area contributed by atoms with Gasteiger partial charge in [0, 0.05) is 13.1 Å². The van der Waals surface area contributed by atoms with E-state index in [2.05, 4.69) is 15.3 Å². The predicted octanol–water partition coefficient (Wildman–Crippen LogP) is 2.38. The fourth-order valence-corrected chi connectivity index (χ4v) is 5.02. The molecule has 1 aliphatic heterocycles. The van der Waals surface area contributed by atoms with E-state index in [4.69, 9.17) is 9.25 Å². The molecule has 29 heavy (non-hydrogen) atoms. The first-order chi connectivity index (χ1) is 14.1. The number of nitrogens with zero attached hydrogens (tertiary/aromatic N) is 5. The van der Waals surface area contributed by atoms with Gasteiger partial charge in [-0.1, -0.05) is 23.4 Å². The lowest BCUT2D eigenvalue weighted by Gasteiger charge is -2.25. The van der Waals surface area contributed by atoms with E-state index in [0.717, 1.165) is 24.8 Å². The molecule has 150 valence electrons. The van der Waals surface area contributed by atoms with E-state index >= 15 is 0 Å². The summed E-state index contributed by atoms with van der Waals surface area (Å²) in [6.45, 7) is 1.13. The number of sulfonamides is 1. The van der Waals surface area contributed by atoms with Crippen LogP contribution in [0.5, 0.6) is 0 Å². The first-order valence-corrected chi connectivity index (χ1v) is 10.9. The molecule has 0 radical (unpaired) electrons. The van der Waals surface area contributed by atoms with Crippen LogP contribution >= 0.6 is 0 Å². The molecule has 4 aromatic rings. The standard InChI is InChI=1S/C19H19N5O4S/c25-29(26,23-10-4-1-5-11-23)14-8-9-15-17(12-14)24(22-21-15)27-13-19-20-16-6-2-3-7-18(16)28-19/h2-3,6-9,12H,1,4-5,10-11,13H2. The molecule has 9 nitrogen and oxygen atoms in total. The van der Waals surface area contributed by atoms with Crippen molar-refractivity contribution in [2.75, 3.05) is 13.1 Å². The average Bonchev–Trinajstić information content (AvgIpc) is 3.36. The summed E-state index contributed by atoms with van der Waals surface area (Å²) >= 11 is 0. The molecule has 0 amide bonds. The van der Waals surface area contributed by atoms with Gasteiger partial charge in [0.2, 0.25) is 15.9 Å². The molecule has 0 saturated carbocycles. The third-order valence-electron chi connectivity index (χ3n) is 4.99. The van der Waals surface area contributed by atoms with Crippen LogP contribution in [0.3, 0.4) is 0 Å². The molecule has 0 bridgehead atoms. The lowest BCUT2D eigenvalue weighted by molar-refractivity contribution is 0.0624. The highest BCUT2D eigenvalue weighted by atomic mass is 32.2. The first-order valence-electron chi connectivity index (χ1n) is 9.45. The second kappa shape index (κ2) is 7.12. The number of benzene rings is 2. The van der Waals surface area contributed by atoms with Crippen molar-refractivity contribution >= 4 is 32.2 Å². The van der Waals surface area contributed by atoms with Gasteiger partial charge in [-0.15, -0.1) is 5.10 Å². The van der Waals surface area contributed by atoms with E-state index in [1.807, 2.05) is 24.3 Å². The molecule has 0 aliphatic carbocycles. The SMILES string of the molecule is O=S(=O)(c1ccc2nnn(OCc3nc4ccccc4o3)c2c1)N1CCCCC1. The van der Waals surface area contributed by atoms with Crippen LogP contribution in [0.15, 0.2) is 51.8 Å². The minimum atomic E-state index is -3.55. The number of aromatic nitrogens is 4. The molecule has 0 unspecified atom stereocenters. The fourth-order valence-electron chi connectivity index (χ4n) is 3.49. The minimum Gasteiger partial charge on any atom is -0.437 e. The predicted molar refractivity (Wildman–Crippen MR) is 104 cm³/mol. The zero-order valence-corrected chi connectivity index (χ0v) is 16.4. The Bertz CT molecular complexity index is 1240. The minimum absolute atomic E-state index is 0.0379. The maximum Gasteiger partial charge on any atom is 0.243 e. The first kappa shape index (κ1) is 18.1. The molecule has 1 aliphatic rings. The van der Waals surface area contributed by atoms with Crippen molar-refractivity contribution in [3.8, 4) is 0 Å². The maximum absolute atomic E-state index is 13.0. The Kier molecular flexibility index (Phi) is 4.44. The summed E-state index contributed by atoms with van der Waals surface area (Å²) in [7, 11) is -3.55. The van der Waals surface area contributed by atoms with Crippen molar-refractivity contribution in [1.82, 2.24) is 24.4 Å². The van der Waals surface area contributed by atoms with E-state index in [0.29, 0.717) is 35.6 Å². The molecule has 0 atom stereocenters. The quantitative estimate of drug-likeness (QED) is 0.495. The number of oxazole rings is 1. The van der Waals surface area contributed by atoms with Gasteiger partial charge >= 0.3 is 0 Å². The van der Waals surface area contributed by atoms with Gasteiger partial charge in [-0.05, 0) is 48.4 Å². The highest BCUT2D eigenvalue weighted by Gasteiger charge is 2.26. The smallest absolute Gasteiger partial charge is 0.243 e. The van der Waals surface area contributed by atoms with Gasteiger partial charge < -0.3 is 9.25 Å². The number of rotatable bonds is 5. The Morgan fingerprint density at radius 3 is 2.69 bits per heavy atom. The molecule has 10 heteroatoms. The third-order valence-corrected chi connectivity index (χ3v) is 6.88. The number of fused-ring (bicyclic) bond motifs is 2. The van der Waals surface area contributed by atoms with E-state index < -0.39 is 10.0 Å². The summed E-state index contributed by atoms with van der Waals surface area (Å²) in [6.07, 6.45) is 2.83. The zero-order valence-electron chi connectivity index (χ0n) is 15.6. The van der Waals surface area contributed by atoms with Crippen LogP contribution in [0, 0.1) is 0 Å². The van der Waals surface area contributed by atoms with Gasteiger partial charge in [-0.2, -0.15) is 4.31 Å². The van der Waals surface area contributed by atoms with Gasteiger partial charge in [0.15, 0.2) is 12.2 Å². The van der Waals surface area contributed by atoms with Gasteiger partial charge in [0.1, 0.15) is 16.6 Å². The molecule has 2 aromatic heterocycles. The van der Waals surface area contributed by atoms with Gasteiger partial charge in [-0.3, -0.25) is 0 Å². The second-order valence-electron chi connectivity index (χ2n) is 6.93. The van der Waals surface area contributed by atoms with E-state index in [-0.39, 0.29) is 11.5 Å². The molecule has 0 spiro atoms. The molecule has 0 N–H and O–H groups in total. The highest BCUT2D eigenvalue weighted by molar-refractivity contribution is 7.89. The lowest BCUT2D eigenvalue weighted by Crippen LogP contribution is -2.35. The summed E-state index contributed by atoms with van der Waals surface area (Å²) in [5.74, 6) is 0.395. The van der Waals surface area contributed by atoms with Gasteiger partial charge in [0.25, 0.3) is 0 Å². The molecule has 1 fully saturated rings. The van der Waals surface area contributed by atoms with Crippen molar-refractivity contribution in [1.29, 1.82) is 0 Å². The van der Waals surface area contributed by atoms with Crippen LogP contribution in [-0.4, -0.2) is 46.0 Å². The van der Waals surface area contributed by atoms with E-state index in [1.165, 1.54) is 9.15 Å². The average molecular weight is 413 g/mol. The topological polar surface area (TPSA) is 103 Å². The molecular formula is C19H19N5O4S. The molecule has 1 saturated heterocycles. The van der Waals surface area contributed by atoms with Crippen molar-refractivity contribution in [2.45, 2.75) is 30.8 Å². The Hall–Kier alpha value is -2.98. The van der Waals surface area contributed by atoms with Crippen LogP contribution in [-0.2, 0) is 16.6 Å². The summed E-state index contributed by atoms with van der Waals surface area (Å²) in [5.41, 5.74) is 2.42. The Morgan fingerprint density at radius 2 is 1.86 bits per heavy atom. The summed E-state index contributed by atoms with van der Waals surface area (Å²) in [6, 6.07) is 12.2. The van der Waals surface area contributed by atoms with Crippen LogP contribution in [0.25, 0.3) is 22.1 Å². The van der Waals surface area contributed by atoms with Crippen LogP contribution in [0.1, 0.15) is 25.2 Å². The Labute approximate surface area is 166 Å². The molecule has 5 rings (SSSR count). The number of hydrogen-bond donors (Lipinski definition) is 0. The normalized spacial score (nSPS) is 15.9. The van der Waals surface area contributed by atoms with Crippen LogP contribution in [0.2, 0.25) is 0 Å². The van der Waals surface area contributed by atoms with Crippen molar-refractivity contribution in [2.24, 2.45) is 0 Å². The van der Waals surface area contributed by atoms with Crippen molar-refractivity contribution in [3.63, 3.8) is 0 Å². The number of piperidine rings is 1. The Balaban J connectivity index is 1.42. The summed E-state index contributed by atoms with van der Waals surface area (Å²) < 4.78 is 33.1. The van der Waals surface area contributed by atoms with Crippen LogP contribution < -0.4 is 4.84 Å². The summed E-state index contributed by atoms with van der Waals surface area (Å²) in [5, 5.41) is 8.00. The number of hydrogen-bond acceptors (Lipinski definition) is 7. The molecule has 2 aromatic carbocycles. The number of para-hydroxylation sites is 2. The van der Waals surface area contributed by atoms with Gasteiger partial charge in [-0.25, -0.2) is 13.4 Å². The monoisotopic (exact) mass is 413 g/mol. The maximum atomic E-state index is 13.0. The largest absolute Gasteiger partial charge is 0.437 e. The molecular weight excluding hydrogens is 394 g/mol. The second-order valence-corrected chi connectivity index (χ2v) is 8.86. The third kappa shape index (κ3) is 3.34. The lowest BCUT2D eigenvalue weighted by atomic mass is 10.2. The fraction of sp³-hybridized carbons (Fsp3) is 0.316. The van der Waals surface area contributed by atoms with Crippen LogP contribution in [0.4, 0.5) is 0 Å². The highest BCUT2D eigenvalue weighted by Crippen LogP contribution is 2.23. The van der Waals surface area contributed by atoms with E-state index in [9.17, 15) is 8.42 Å². The summed E-state index contributed by atoms with van der Waals surface area (Å²) in [4.78, 5) is 11.4. The van der Waals surface area contributed by atoms with Crippen molar-refractivity contribution in [3.05, 3.63) is 48.4 Å². The van der Waals surface area contributed by atoms with Crippen molar-refractivity contribution < 1.29 is 17.7 Å². The zero-order chi connectivity index (χ0) is 19.8.